The van der Waals surface area contributed by atoms with E-state index in [2.05, 4.69) is 25.2 Å². The number of rotatable bonds is 4. The van der Waals surface area contributed by atoms with Crippen LogP contribution in [0.1, 0.15) is 46.0 Å². The van der Waals surface area contributed by atoms with Crippen molar-refractivity contribution >= 4 is 5.91 Å². The largest absolute Gasteiger partial charge is 0.326 e. The summed E-state index contributed by atoms with van der Waals surface area (Å²) in [5, 5.41) is 12.4. The fourth-order valence-electron chi connectivity index (χ4n) is 4.87. The Hall–Kier alpha value is -1.08. The Morgan fingerprint density at radius 1 is 1.38 bits per heavy atom. The molecule has 4 atom stereocenters. The predicted molar refractivity (Wildman–Crippen MR) is 81.3 cm³/mol. The first-order valence-corrected chi connectivity index (χ1v) is 8.44. The summed E-state index contributed by atoms with van der Waals surface area (Å²) in [4.78, 5) is 13.9. The van der Waals surface area contributed by atoms with Gasteiger partial charge in [-0.1, -0.05) is 13.8 Å². The lowest BCUT2D eigenvalue weighted by molar-refractivity contribution is -0.130. The molecule has 0 aromatic rings. The van der Waals surface area contributed by atoms with Crippen LogP contribution in [-0.2, 0) is 4.79 Å². The fourth-order valence-corrected chi connectivity index (χ4v) is 4.87. The molecule has 0 unspecified atom stereocenters. The van der Waals surface area contributed by atoms with Crippen molar-refractivity contribution in [1.82, 2.24) is 10.2 Å². The van der Waals surface area contributed by atoms with Gasteiger partial charge in [-0.25, -0.2) is 0 Å². The first kappa shape index (κ1) is 14.8. The van der Waals surface area contributed by atoms with E-state index in [0.717, 1.165) is 43.7 Å². The maximum Gasteiger partial charge on any atom is 0.237 e. The summed E-state index contributed by atoms with van der Waals surface area (Å²) in [6.07, 6.45) is 5.85. The summed E-state index contributed by atoms with van der Waals surface area (Å²) in [6.45, 7) is 6.91. The maximum absolute atomic E-state index is 12.2. The standard InChI is InChI=1S/C17H27N3O/c1-17(2)13-6-5-12(15(17)8-13)10-19-11-16(21)20-7-3-4-14(20)9-18/h12-15,19H,3-8,10-11H2,1-2H3/t12-,13+,14-,15+/m1/s1. The van der Waals surface area contributed by atoms with Crippen LogP contribution >= 0.6 is 0 Å². The number of nitrogens with one attached hydrogen (secondary N) is 1. The third kappa shape index (κ3) is 2.57. The van der Waals surface area contributed by atoms with Crippen molar-refractivity contribution in [3.63, 3.8) is 0 Å². The highest BCUT2D eigenvalue weighted by atomic mass is 16.2. The Labute approximate surface area is 127 Å². The highest BCUT2D eigenvalue weighted by Crippen LogP contribution is 2.61. The molecule has 3 aliphatic carbocycles. The van der Waals surface area contributed by atoms with Crippen LogP contribution in [0.2, 0.25) is 0 Å². The Bertz CT molecular complexity index is 451. The van der Waals surface area contributed by atoms with E-state index in [-0.39, 0.29) is 11.9 Å². The average Bonchev–Trinajstić information content (AvgIpc) is 2.95. The number of carbonyl (C=O) groups excluding carboxylic acids is 1. The van der Waals surface area contributed by atoms with E-state index in [0.29, 0.717) is 12.0 Å². The van der Waals surface area contributed by atoms with Crippen LogP contribution in [0.4, 0.5) is 0 Å². The maximum atomic E-state index is 12.2. The van der Waals surface area contributed by atoms with Crippen LogP contribution in [0.15, 0.2) is 0 Å². The number of fused-ring (bicyclic) bond motifs is 2. The lowest BCUT2D eigenvalue weighted by atomic mass is 9.45. The molecule has 4 nitrogen and oxygen atoms in total. The van der Waals surface area contributed by atoms with Gasteiger partial charge in [-0.15, -0.1) is 0 Å². The summed E-state index contributed by atoms with van der Waals surface area (Å²) in [5.74, 6) is 2.59. The lowest BCUT2D eigenvalue weighted by Gasteiger charge is -2.60. The Balaban J connectivity index is 1.44. The summed E-state index contributed by atoms with van der Waals surface area (Å²) in [5.41, 5.74) is 0.509. The highest BCUT2D eigenvalue weighted by molar-refractivity contribution is 5.79. The van der Waals surface area contributed by atoms with Gasteiger partial charge in [0.1, 0.15) is 6.04 Å². The fraction of sp³-hybridized carbons (Fsp3) is 0.882. The van der Waals surface area contributed by atoms with Crippen molar-refractivity contribution in [1.29, 1.82) is 5.26 Å². The van der Waals surface area contributed by atoms with E-state index in [4.69, 9.17) is 5.26 Å². The van der Waals surface area contributed by atoms with Gasteiger partial charge < -0.3 is 10.2 Å². The molecule has 4 heteroatoms. The van der Waals surface area contributed by atoms with Crippen molar-refractivity contribution in [3.8, 4) is 6.07 Å². The Morgan fingerprint density at radius 3 is 2.86 bits per heavy atom. The minimum absolute atomic E-state index is 0.0978. The topological polar surface area (TPSA) is 56.1 Å². The van der Waals surface area contributed by atoms with Crippen LogP contribution in [0.5, 0.6) is 0 Å². The van der Waals surface area contributed by atoms with Gasteiger partial charge in [0, 0.05) is 6.54 Å². The molecular formula is C17H27N3O. The summed E-state index contributed by atoms with van der Waals surface area (Å²) < 4.78 is 0. The second-order valence-electron chi connectivity index (χ2n) is 7.70. The van der Waals surface area contributed by atoms with Crippen molar-refractivity contribution in [2.24, 2.45) is 23.2 Å². The van der Waals surface area contributed by atoms with Crippen LogP contribution < -0.4 is 5.32 Å². The third-order valence-corrected chi connectivity index (χ3v) is 6.41. The summed E-state index contributed by atoms with van der Waals surface area (Å²) in [6, 6.07) is 2.04. The lowest BCUT2D eigenvalue weighted by Crippen LogP contribution is -2.54. The minimum Gasteiger partial charge on any atom is -0.326 e. The molecule has 0 aromatic carbocycles. The van der Waals surface area contributed by atoms with Gasteiger partial charge in [0.05, 0.1) is 12.6 Å². The smallest absolute Gasteiger partial charge is 0.237 e. The number of amides is 1. The number of nitriles is 1. The quantitative estimate of drug-likeness (QED) is 0.863. The van der Waals surface area contributed by atoms with Gasteiger partial charge in [0.15, 0.2) is 0 Å². The van der Waals surface area contributed by atoms with Crippen molar-refractivity contribution < 1.29 is 4.79 Å². The average molecular weight is 289 g/mol. The van der Waals surface area contributed by atoms with Crippen LogP contribution in [0.25, 0.3) is 0 Å². The predicted octanol–water partition coefficient (Wildman–Crippen LogP) is 2.16. The molecule has 116 valence electrons. The summed E-state index contributed by atoms with van der Waals surface area (Å²) in [7, 11) is 0. The van der Waals surface area contributed by atoms with Crippen molar-refractivity contribution in [3.05, 3.63) is 0 Å². The van der Waals surface area contributed by atoms with E-state index in [9.17, 15) is 4.79 Å². The molecule has 2 bridgehead atoms. The SMILES string of the molecule is CC1(C)[C@H]2CC[C@H](CNCC(=O)N3CCC[C@@H]3C#N)[C@@H]1C2. The normalized spacial score (nSPS) is 36.9. The van der Waals surface area contributed by atoms with Gasteiger partial charge >= 0.3 is 0 Å². The van der Waals surface area contributed by atoms with Gasteiger partial charge in [0.2, 0.25) is 5.91 Å². The second kappa shape index (κ2) is 5.61. The molecule has 1 amide bonds. The molecule has 21 heavy (non-hydrogen) atoms. The zero-order valence-electron chi connectivity index (χ0n) is 13.3. The number of carbonyl (C=O) groups is 1. The number of hydrogen-bond acceptors (Lipinski definition) is 3. The molecule has 4 fully saturated rings. The van der Waals surface area contributed by atoms with E-state index >= 15 is 0 Å². The van der Waals surface area contributed by atoms with E-state index in [1.165, 1.54) is 19.3 Å². The molecule has 4 rings (SSSR count). The highest BCUT2D eigenvalue weighted by Gasteiger charge is 2.53. The van der Waals surface area contributed by atoms with Gasteiger partial charge in [-0.05, 0) is 61.8 Å². The number of nitrogens with zero attached hydrogens (tertiary/aromatic N) is 2. The zero-order chi connectivity index (χ0) is 15.0. The van der Waals surface area contributed by atoms with E-state index < -0.39 is 0 Å². The van der Waals surface area contributed by atoms with Crippen molar-refractivity contribution in [2.75, 3.05) is 19.6 Å². The molecule has 1 aliphatic heterocycles. The molecule has 3 saturated carbocycles. The summed E-state index contributed by atoms with van der Waals surface area (Å²) >= 11 is 0. The van der Waals surface area contributed by atoms with Crippen LogP contribution in [0.3, 0.4) is 0 Å². The van der Waals surface area contributed by atoms with Crippen LogP contribution in [0, 0.1) is 34.5 Å². The zero-order valence-corrected chi connectivity index (χ0v) is 13.3. The third-order valence-electron chi connectivity index (χ3n) is 6.41. The number of hydrogen-bond donors (Lipinski definition) is 1. The second-order valence-corrected chi connectivity index (χ2v) is 7.70. The molecule has 0 spiro atoms. The van der Waals surface area contributed by atoms with Gasteiger partial charge in [-0.3, -0.25) is 4.79 Å². The molecular weight excluding hydrogens is 262 g/mol. The first-order chi connectivity index (χ1) is 10.0. The van der Waals surface area contributed by atoms with Gasteiger partial charge in [0.25, 0.3) is 0 Å². The molecule has 0 radical (unpaired) electrons. The Morgan fingerprint density at radius 2 is 2.19 bits per heavy atom. The molecule has 1 saturated heterocycles. The van der Waals surface area contributed by atoms with E-state index in [1.54, 1.807) is 4.90 Å². The Kier molecular flexibility index (Phi) is 3.96. The minimum atomic E-state index is -0.194. The molecule has 1 heterocycles. The molecule has 4 aliphatic rings. The first-order valence-electron chi connectivity index (χ1n) is 8.44. The molecule has 1 N–H and O–H groups in total. The monoisotopic (exact) mass is 289 g/mol. The molecule has 0 aromatic heterocycles. The van der Waals surface area contributed by atoms with E-state index in [1.807, 2.05) is 0 Å². The van der Waals surface area contributed by atoms with Crippen LogP contribution in [-0.4, -0.2) is 36.5 Å². The van der Waals surface area contributed by atoms with Crippen molar-refractivity contribution in [2.45, 2.75) is 52.0 Å². The van der Waals surface area contributed by atoms with Gasteiger partial charge in [-0.2, -0.15) is 5.26 Å². The number of likely N-dealkylation sites (tertiary alicyclic amines) is 1.